The molecule has 2 heterocycles. The minimum absolute atomic E-state index is 0.653. The molecule has 0 bridgehead atoms. The number of methoxy groups -OCH3 is 1. The maximum Gasteiger partial charge on any atom is 0.152 e. The molecule has 6 heteroatoms. The van der Waals surface area contributed by atoms with Crippen molar-refractivity contribution in [3.63, 3.8) is 0 Å². The van der Waals surface area contributed by atoms with Gasteiger partial charge in [0, 0.05) is 17.4 Å². The third-order valence-electron chi connectivity index (χ3n) is 3.53. The second-order valence-corrected chi connectivity index (χ2v) is 5.76. The quantitative estimate of drug-likeness (QED) is 0.932. The smallest absolute Gasteiger partial charge is 0.152 e. The van der Waals surface area contributed by atoms with E-state index in [0.717, 1.165) is 40.5 Å². The summed E-state index contributed by atoms with van der Waals surface area (Å²) in [5.41, 5.74) is 0.954. The van der Waals surface area contributed by atoms with Crippen molar-refractivity contribution in [2.24, 2.45) is 0 Å². The molecule has 1 aromatic carbocycles. The van der Waals surface area contributed by atoms with Gasteiger partial charge in [-0.05, 0) is 31.0 Å². The fraction of sp³-hybridized carbons (Fsp3) is 0.429. The first-order valence-corrected chi connectivity index (χ1v) is 7.55. The zero-order valence-electron chi connectivity index (χ0n) is 11.4. The highest BCUT2D eigenvalue weighted by atomic mass is 79.9. The minimum atomic E-state index is 0.653. The van der Waals surface area contributed by atoms with Crippen molar-refractivity contribution in [1.82, 2.24) is 14.8 Å². The molecule has 1 aliphatic heterocycles. The normalized spacial score (nSPS) is 13.9. The van der Waals surface area contributed by atoms with E-state index < -0.39 is 0 Å². The Bertz CT molecular complexity index is 611. The molecule has 3 rings (SSSR count). The predicted molar refractivity (Wildman–Crippen MR) is 81.0 cm³/mol. The van der Waals surface area contributed by atoms with Crippen LogP contribution in [0, 0.1) is 0 Å². The maximum atomic E-state index is 5.36. The number of anilines is 1. The zero-order chi connectivity index (χ0) is 13.9. The topological polar surface area (TPSA) is 52.0 Å². The summed E-state index contributed by atoms with van der Waals surface area (Å²) in [5, 5.41) is 11.9. The first kappa shape index (κ1) is 13.4. The molecule has 0 spiro atoms. The molecular weight excluding hydrogens is 320 g/mol. The number of hydrogen-bond acceptors (Lipinski definition) is 4. The summed E-state index contributed by atoms with van der Waals surface area (Å²) >= 11 is 3.48. The highest BCUT2D eigenvalue weighted by molar-refractivity contribution is 9.10. The molecule has 20 heavy (non-hydrogen) atoms. The Morgan fingerprint density at radius 3 is 3.10 bits per heavy atom. The van der Waals surface area contributed by atoms with Crippen LogP contribution in [0.2, 0.25) is 0 Å². The van der Waals surface area contributed by atoms with Gasteiger partial charge < -0.3 is 14.6 Å². The summed E-state index contributed by atoms with van der Waals surface area (Å²) < 4.78 is 8.60. The summed E-state index contributed by atoms with van der Waals surface area (Å²) in [6.45, 7) is 1.68. The highest BCUT2D eigenvalue weighted by Gasteiger charge is 2.15. The predicted octanol–water partition coefficient (Wildman–Crippen LogP) is 3.00. The van der Waals surface area contributed by atoms with Crippen molar-refractivity contribution >= 4 is 21.6 Å². The van der Waals surface area contributed by atoms with E-state index in [1.54, 1.807) is 7.11 Å². The summed E-state index contributed by atoms with van der Waals surface area (Å²) in [6, 6.07) is 5.90. The van der Waals surface area contributed by atoms with E-state index in [1.165, 1.54) is 12.8 Å². The maximum absolute atomic E-state index is 5.36. The molecule has 5 nitrogen and oxygen atoms in total. The van der Waals surface area contributed by atoms with Gasteiger partial charge in [0.05, 0.1) is 19.3 Å². The summed E-state index contributed by atoms with van der Waals surface area (Å²) in [4.78, 5) is 0. The van der Waals surface area contributed by atoms with E-state index in [-0.39, 0.29) is 0 Å². The Balaban J connectivity index is 1.76. The SMILES string of the molecule is COc1ccc(Br)cc1NCc1nnc2n1CCCC2. The third kappa shape index (κ3) is 2.65. The van der Waals surface area contributed by atoms with Gasteiger partial charge in [0.25, 0.3) is 0 Å². The van der Waals surface area contributed by atoms with E-state index in [9.17, 15) is 0 Å². The van der Waals surface area contributed by atoms with Gasteiger partial charge in [-0.3, -0.25) is 0 Å². The molecule has 0 amide bonds. The Morgan fingerprint density at radius 1 is 1.35 bits per heavy atom. The van der Waals surface area contributed by atoms with E-state index >= 15 is 0 Å². The second-order valence-electron chi connectivity index (χ2n) is 4.84. The van der Waals surface area contributed by atoms with E-state index in [0.29, 0.717) is 6.54 Å². The fourth-order valence-electron chi connectivity index (χ4n) is 2.49. The van der Waals surface area contributed by atoms with E-state index in [2.05, 4.69) is 36.0 Å². The Kier molecular flexibility index (Phi) is 3.91. The largest absolute Gasteiger partial charge is 0.495 e. The molecule has 0 atom stereocenters. The van der Waals surface area contributed by atoms with Crippen molar-refractivity contribution < 1.29 is 4.74 Å². The zero-order valence-corrected chi connectivity index (χ0v) is 13.0. The van der Waals surface area contributed by atoms with Crippen molar-refractivity contribution in [2.45, 2.75) is 32.4 Å². The molecule has 0 aliphatic carbocycles. The summed E-state index contributed by atoms with van der Waals surface area (Å²) in [5.74, 6) is 2.92. The number of aromatic nitrogens is 3. The molecular formula is C14H17BrN4O. The van der Waals surface area contributed by atoms with Crippen molar-refractivity contribution in [2.75, 3.05) is 12.4 Å². The molecule has 0 saturated heterocycles. The number of aryl methyl sites for hydroxylation is 1. The van der Waals surface area contributed by atoms with Gasteiger partial charge in [-0.25, -0.2) is 0 Å². The van der Waals surface area contributed by atoms with Gasteiger partial charge in [-0.15, -0.1) is 10.2 Å². The number of fused-ring (bicyclic) bond motifs is 1. The number of nitrogens with one attached hydrogen (secondary N) is 1. The molecule has 2 aromatic rings. The molecule has 0 saturated carbocycles. The van der Waals surface area contributed by atoms with Gasteiger partial charge in [0.1, 0.15) is 11.6 Å². The first-order valence-electron chi connectivity index (χ1n) is 6.76. The van der Waals surface area contributed by atoms with Crippen LogP contribution in [0.5, 0.6) is 5.75 Å². The van der Waals surface area contributed by atoms with Gasteiger partial charge in [-0.2, -0.15) is 0 Å². The van der Waals surface area contributed by atoms with Crippen LogP contribution in [0.3, 0.4) is 0 Å². The summed E-state index contributed by atoms with van der Waals surface area (Å²) in [7, 11) is 1.67. The van der Waals surface area contributed by atoms with Crippen LogP contribution < -0.4 is 10.1 Å². The molecule has 1 aliphatic rings. The number of rotatable bonds is 4. The number of halogens is 1. The molecule has 1 N–H and O–H groups in total. The number of benzene rings is 1. The van der Waals surface area contributed by atoms with Crippen molar-refractivity contribution in [3.05, 3.63) is 34.3 Å². The van der Waals surface area contributed by atoms with Crippen LogP contribution >= 0.6 is 15.9 Å². The number of ether oxygens (including phenoxy) is 1. The average molecular weight is 337 g/mol. The Hall–Kier alpha value is -1.56. The standard InChI is InChI=1S/C14H17BrN4O/c1-20-12-6-5-10(15)8-11(12)16-9-14-18-17-13-4-2-3-7-19(13)14/h5-6,8,16H,2-4,7,9H2,1H3. The van der Waals surface area contributed by atoms with Crippen molar-refractivity contribution in [3.8, 4) is 5.75 Å². The molecule has 0 fully saturated rings. The monoisotopic (exact) mass is 336 g/mol. The van der Waals surface area contributed by atoms with Crippen molar-refractivity contribution in [1.29, 1.82) is 0 Å². The lowest BCUT2D eigenvalue weighted by atomic mass is 10.2. The van der Waals surface area contributed by atoms with Gasteiger partial charge in [-0.1, -0.05) is 15.9 Å². The molecule has 106 valence electrons. The first-order chi connectivity index (χ1) is 9.78. The second kappa shape index (κ2) is 5.83. The Morgan fingerprint density at radius 2 is 2.25 bits per heavy atom. The van der Waals surface area contributed by atoms with E-state index in [4.69, 9.17) is 4.74 Å². The lowest BCUT2D eigenvalue weighted by Gasteiger charge is -2.16. The van der Waals surface area contributed by atoms with Crippen LogP contribution in [-0.4, -0.2) is 21.9 Å². The van der Waals surface area contributed by atoms with Crippen LogP contribution in [0.15, 0.2) is 22.7 Å². The van der Waals surface area contributed by atoms with Crippen LogP contribution in [0.25, 0.3) is 0 Å². The Labute approximate surface area is 126 Å². The molecule has 0 radical (unpaired) electrons. The lowest BCUT2D eigenvalue weighted by Crippen LogP contribution is -2.15. The highest BCUT2D eigenvalue weighted by Crippen LogP contribution is 2.28. The minimum Gasteiger partial charge on any atom is -0.495 e. The number of hydrogen-bond donors (Lipinski definition) is 1. The summed E-state index contributed by atoms with van der Waals surface area (Å²) in [6.07, 6.45) is 3.45. The lowest BCUT2D eigenvalue weighted by molar-refractivity contribution is 0.416. The van der Waals surface area contributed by atoms with Gasteiger partial charge in [0.15, 0.2) is 5.82 Å². The van der Waals surface area contributed by atoms with Gasteiger partial charge >= 0.3 is 0 Å². The fourth-order valence-corrected chi connectivity index (χ4v) is 2.85. The van der Waals surface area contributed by atoms with Gasteiger partial charge in [0.2, 0.25) is 0 Å². The molecule has 0 unspecified atom stereocenters. The van der Waals surface area contributed by atoms with Crippen LogP contribution in [0.1, 0.15) is 24.5 Å². The third-order valence-corrected chi connectivity index (χ3v) is 4.03. The van der Waals surface area contributed by atoms with Crippen LogP contribution in [-0.2, 0) is 19.5 Å². The van der Waals surface area contributed by atoms with E-state index in [1.807, 2.05) is 18.2 Å². The number of nitrogens with zero attached hydrogens (tertiary/aromatic N) is 3. The molecule has 1 aromatic heterocycles. The average Bonchev–Trinajstić information content (AvgIpc) is 2.88. The van der Waals surface area contributed by atoms with Crippen LogP contribution in [0.4, 0.5) is 5.69 Å².